The molecule has 2 rings (SSSR count). The molecule has 0 aromatic heterocycles. The molecule has 2 fully saturated rings. The van der Waals surface area contributed by atoms with Crippen molar-refractivity contribution in [2.75, 3.05) is 6.67 Å². The smallest absolute Gasteiger partial charge is 0.409 e. The van der Waals surface area contributed by atoms with Crippen molar-refractivity contribution in [1.29, 1.82) is 0 Å². The molecule has 2 aliphatic heterocycles. The Hall–Kier alpha value is -1.30. The van der Waals surface area contributed by atoms with Gasteiger partial charge in [-0.25, -0.2) is 4.79 Å². The van der Waals surface area contributed by atoms with Crippen molar-refractivity contribution in [3.8, 4) is 0 Å². The van der Waals surface area contributed by atoms with Crippen molar-refractivity contribution in [3.05, 3.63) is 0 Å². The van der Waals surface area contributed by atoms with Gasteiger partial charge >= 0.3 is 6.09 Å². The standard InChI is InChI=1S/C9H15N3O3/c1-9(2,3)12-4-10-6-5(7(12)13)11-8(14)15-6/h5-6,10H,4H2,1-3H3,(H,11,14). The lowest BCUT2D eigenvalue weighted by atomic mass is 10.0. The summed E-state index contributed by atoms with van der Waals surface area (Å²) in [6, 6.07) is -0.592. The number of rotatable bonds is 0. The summed E-state index contributed by atoms with van der Waals surface area (Å²) in [7, 11) is 0. The van der Waals surface area contributed by atoms with E-state index in [0.29, 0.717) is 6.67 Å². The summed E-state index contributed by atoms with van der Waals surface area (Å²) in [5.74, 6) is -0.0999. The maximum Gasteiger partial charge on any atom is 0.409 e. The third-order valence-corrected chi connectivity index (χ3v) is 2.60. The van der Waals surface area contributed by atoms with Crippen LogP contribution in [0.1, 0.15) is 20.8 Å². The summed E-state index contributed by atoms with van der Waals surface area (Å²) in [5.41, 5.74) is -0.262. The van der Waals surface area contributed by atoms with Gasteiger partial charge in [0.2, 0.25) is 0 Å². The summed E-state index contributed by atoms with van der Waals surface area (Å²) in [6.45, 7) is 6.25. The fraction of sp³-hybridized carbons (Fsp3) is 0.778. The molecule has 0 saturated carbocycles. The van der Waals surface area contributed by atoms with Gasteiger partial charge in [0, 0.05) is 5.54 Å². The zero-order valence-electron chi connectivity index (χ0n) is 9.03. The molecule has 0 aromatic carbocycles. The molecule has 2 atom stereocenters. The molecule has 2 N–H and O–H groups in total. The zero-order chi connectivity index (χ0) is 11.2. The van der Waals surface area contributed by atoms with E-state index in [2.05, 4.69) is 10.6 Å². The number of ether oxygens (including phenoxy) is 1. The Morgan fingerprint density at radius 1 is 1.40 bits per heavy atom. The van der Waals surface area contributed by atoms with Crippen LogP contribution in [0.2, 0.25) is 0 Å². The van der Waals surface area contributed by atoms with E-state index in [1.165, 1.54) is 0 Å². The Bertz CT molecular complexity index is 310. The lowest BCUT2D eigenvalue weighted by Crippen LogP contribution is -2.65. The number of amides is 2. The monoisotopic (exact) mass is 213 g/mol. The minimum atomic E-state index is -0.592. The van der Waals surface area contributed by atoms with Crippen LogP contribution in [0.4, 0.5) is 4.79 Å². The minimum Gasteiger partial charge on any atom is -0.428 e. The van der Waals surface area contributed by atoms with Crippen LogP contribution < -0.4 is 10.6 Å². The number of hydrogen-bond donors (Lipinski definition) is 2. The largest absolute Gasteiger partial charge is 0.428 e. The summed E-state index contributed by atoms with van der Waals surface area (Å²) in [6.07, 6.45) is -1.06. The van der Waals surface area contributed by atoms with Gasteiger partial charge in [-0.15, -0.1) is 0 Å². The first-order valence-electron chi connectivity index (χ1n) is 4.91. The molecule has 0 spiro atoms. The molecule has 0 aliphatic carbocycles. The van der Waals surface area contributed by atoms with Gasteiger partial charge in [-0.2, -0.15) is 0 Å². The van der Waals surface area contributed by atoms with Crippen LogP contribution in [-0.2, 0) is 9.53 Å². The van der Waals surface area contributed by atoms with Gasteiger partial charge in [0.15, 0.2) is 12.3 Å². The molecule has 2 unspecified atom stereocenters. The molecule has 2 amide bonds. The Labute approximate surface area is 87.9 Å². The van der Waals surface area contributed by atoms with Gasteiger partial charge in [-0.1, -0.05) is 0 Å². The lowest BCUT2D eigenvalue weighted by molar-refractivity contribution is -0.145. The highest BCUT2D eigenvalue weighted by Gasteiger charge is 2.46. The van der Waals surface area contributed by atoms with E-state index in [0.717, 1.165) is 0 Å². The number of nitrogens with zero attached hydrogens (tertiary/aromatic N) is 1. The number of fused-ring (bicyclic) bond motifs is 1. The van der Waals surface area contributed by atoms with Crippen molar-refractivity contribution >= 4 is 12.0 Å². The predicted octanol–water partition coefficient (Wildman–Crippen LogP) is -0.391. The Morgan fingerprint density at radius 3 is 2.67 bits per heavy atom. The number of carbonyl (C=O) groups is 2. The van der Waals surface area contributed by atoms with Crippen LogP contribution in [0.15, 0.2) is 0 Å². The number of nitrogens with one attached hydrogen (secondary N) is 2. The molecule has 0 aromatic rings. The van der Waals surface area contributed by atoms with E-state index in [9.17, 15) is 9.59 Å². The Balaban J connectivity index is 2.17. The van der Waals surface area contributed by atoms with E-state index in [4.69, 9.17) is 4.74 Å². The first-order valence-corrected chi connectivity index (χ1v) is 4.91. The van der Waals surface area contributed by atoms with Crippen LogP contribution >= 0.6 is 0 Å². The highest BCUT2D eigenvalue weighted by atomic mass is 16.6. The second-order valence-corrected chi connectivity index (χ2v) is 4.75. The predicted molar refractivity (Wildman–Crippen MR) is 51.8 cm³/mol. The molecular formula is C9H15N3O3. The van der Waals surface area contributed by atoms with Crippen molar-refractivity contribution in [2.24, 2.45) is 0 Å². The molecule has 6 nitrogen and oxygen atoms in total. The summed E-state index contributed by atoms with van der Waals surface area (Å²) in [4.78, 5) is 24.6. The van der Waals surface area contributed by atoms with Crippen LogP contribution in [0.25, 0.3) is 0 Å². The van der Waals surface area contributed by atoms with Crippen LogP contribution in [-0.4, -0.2) is 41.4 Å². The lowest BCUT2D eigenvalue weighted by Gasteiger charge is -2.41. The van der Waals surface area contributed by atoms with Gasteiger partial charge in [0.05, 0.1) is 6.67 Å². The topological polar surface area (TPSA) is 70.7 Å². The van der Waals surface area contributed by atoms with E-state index < -0.39 is 18.4 Å². The quantitative estimate of drug-likeness (QED) is 0.575. The van der Waals surface area contributed by atoms with Crippen molar-refractivity contribution in [1.82, 2.24) is 15.5 Å². The van der Waals surface area contributed by atoms with E-state index in [-0.39, 0.29) is 11.4 Å². The molecule has 6 heteroatoms. The second-order valence-electron chi connectivity index (χ2n) is 4.75. The SMILES string of the molecule is CC(C)(C)N1CNC2OC(=O)NC2C1=O. The third kappa shape index (κ3) is 1.65. The maximum atomic E-state index is 12.0. The fourth-order valence-corrected chi connectivity index (χ4v) is 1.77. The van der Waals surface area contributed by atoms with Crippen molar-refractivity contribution in [2.45, 2.75) is 38.6 Å². The molecule has 2 aliphatic rings. The second kappa shape index (κ2) is 3.10. The number of alkyl carbamates (subject to hydrolysis) is 1. The van der Waals surface area contributed by atoms with E-state index >= 15 is 0 Å². The van der Waals surface area contributed by atoms with Gasteiger partial charge in [-0.05, 0) is 20.8 Å². The molecule has 2 heterocycles. The highest BCUT2D eigenvalue weighted by molar-refractivity contribution is 5.89. The molecule has 0 radical (unpaired) electrons. The molecule has 0 bridgehead atoms. The van der Waals surface area contributed by atoms with Gasteiger partial charge < -0.3 is 15.0 Å². The van der Waals surface area contributed by atoms with Crippen LogP contribution in [0.3, 0.4) is 0 Å². The fourth-order valence-electron chi connectivity index (χ4n) is 1.77. The first kappa shape index (κ1) is 10.2. The highest BCUT2D eigenvalue weighted by Crippen LogP contribution is 2.20. The van der Waals surface area contributed by atoms with Crippen LogP contribution in [0, 0.1) is 0 Å². The third-order valence-electron chi connectivity index (χ3n) is 2.60. The van der Waals surface area contributed by atoms with E-state index in [1.54, 1.807) is 4.90 Å². The van der Waals surface area contributed by atoms with Gasteiger partial charge in [0.1, 0.15) is 0 Å². The Morgan fingerprint density at radius 2 is 2.07 bits per heavy atom. The normalized spacial score (nSPS) is 31.0. The van der Waals surface area contributed by atoms with E-state index in [1.807, 2.05) is 20.8 Å². The van der Waals surface area contributed by atoms with Crippen molar-refractivity contribution in [3.63, 3.8) is 0 Å². The average Bonchev–Trinajstić information content (AvgIpc) is 2.44. The average molecular weight is 213 g/mol. The minimum absolute atomic E-state index is 0.0999. The molecule has 84 valence electrons. The van der Waals surface area contributed by atoms with Gasteiger partial charge in [0.25, 0.3) is 5.91 Å². The molecule has 15 heavy (non-hydrogen) atoms. The van der Waals surface area contributed by atoms with Crippen molar-refractivity contribution < 1.29 is 14.3 Å². The molecule has 2 saturated heterocycles. The summed E-state index contributed by atoms with van der Waals surface area (Å²) < 4.78 is 4.89. The number of hydrogen-bond acceptors (Lipinski definition) is 4. The summed E-state index contributed by atoms with van der Waals surface area (Å²) >= 11 is 0. The zero-order valence-corrected chi connectivity index (χ0v) is 9.03. The summed E-state index contributed by atoms with van der Waals surface area (Å²) in [5, 5.41) is 5.49. The maximum absolute atomic E-state index is 12.0. The van der Waals surface area contributed by atoms with Crippen LogP contribution in [0.5, 0.6) is 0 Å². The molecular weight excluding hydrogens is 198 g/mol. The van der Waals surface area contributed by atoms with Gasteiger partial charge in [-0.3, -0.25) is 10.1 Å². The first-order chi connectivity index (χ1) is 6.89. The number of carbonyl (C=O) groups excluding carboxylic acids is 2. The Kier molecular flexibility index (Phi) is 2.11.